The summed E-state index contributed by atoms with van der Waals surface area (Å²) < 4.78 is 28.7. The van der Waals surface area contributed by atoms with Gasteiger partial charge in [0.25, 0.3) is 0 Å². The number of aryl methyl sites for hydroxylation is 2. The highest BCUT2D eigenvalue weighted by Gasteiger charge is 2.21. The van der Waals surface area contributed by atoms with Crippen LogP contribution in [0, 0.1) is 27.7 Å². The number of hydrogen-bond acceptors (Lipinski definition) is 4. The van der Waals surface area contributed by atoms with Crippen LogP contribution >= 0.6 is 0 Å². The van der Waals surface area contributed by atoms with Crippen molar-refractivity contribution in [3.8, 4) is 0 Å². The molecule has 0 atom stereocenters. The predicted molar refractivity (Wildman–Crippen MR) is 120 cm³/mol. The Morgan fingerprint density at radius 2 is 1.45 bits per heavy atom. The van der Waals surface area contributed by atoms with Gasteiger partial charge in [-0.25, -0.2) is 13.1 Å². The molecule has 0 aromatic heterocycles. The Kier molecular flexibility index (Phi) is 6.66. The van der Waals surface area contributed by atoms with Gasteiger partial charge in [0.05, 0.1) is 4.90 Å². The maximum Gasteiger partial charge on any atom is 0.241 e. The smallest absolute Gasteiger partial charge is 0.241 e. The summed E-state index contributed by atoms with van der Waals surface area (Å²) in [5.41, 5.74) is 6.05. The molecular weight excluding hydrogens is 382 g/mol. The number of sulfonamides is 1. The Morgan fingerprint density at radius 3 is 2.00 bits per heavy atom. The van der Waals surface area contributed by atoms with Crippen LogP contribution in [0.1, 0.15) is 27.8 Å². The summed E-state index contributed by atoms with van der Waals surface area (Å²) >= 11 is 0. The number of benzene rings is 2. The van der Waals surface area contributed by atoms with Crippen LogP contribution in [0.25, 0.3) is 0 Å². The van der Waals surface area contributed by atoms with E-state index in [1.54, 1.807) is 0 Å². The highest BCUT2D eigenvalue weighted by molar-refractivity contribution is 7.89. The molecular formula is C23H33N3O2S. The topological polar surface area (TPSA) is 52.7 Å². The molecule has 29 heavy (non-hydrogen) atoms. The largest absolute Gasteiger partial charge is 0.369 e. The van der Waals surface area contributed by atoms with Crippen molar-refractivity contribution in [2.75, 3.05) is 44.7 Å². The average molecular weight is 416 g/mol. The molecule has 158 valence electrons. The molecule has 1 fully saturated rings. The third kappa shape index (κ3) is 5.00. The summed E-state index contributed by atoms with van der Waals surface area (Å²) in [7, 11) is -1.37. The minimum absolute atomic E-state index is 0.391. The standard InChI is InChI=1S/C23H33N3O2S/c1-17-16-18(2)20(4)23(19(17)3)29(27,28)24-11-10-21-6-8-22(9-7-21)26-14-12-25(5)13-15-26/h6-9,16,24H,10-15H2,1-5H3. The summed E-state index contributed by atoms with van der Waals surface area (Å²) in [6, 6.07) is 10.6. The molecule has 0 amide bonds. The van der Waals surface area contributed by atoms with Crippen LogP contribution in [0.5, 0.6) is 0 Å². The zero-order valence-corrected chi connectivity index (χ0v) is 19.1. The van der Waals surface area contributed by atoms with Crippen molar-refractivity contribution in [1.82, 2.24) is 9.62 Å². The zero-order valence-electron chi connectivity index (χ0n) is 18.2. The lowest BCUT2D eigenvalue weighted by atomic mass is 10.0. The van der Waals surface area contributed by atoms with Crippen molar-refractivity contribution in [3.05, 3.63) is 58.1 Å². The van der Waals surface area contributed by atoms with E-state index in [2.05, 4.69) is 45.8 Å². The maximum atomic E-state index is 12.9. The second kappa shape index (κ2) is 8.86. The van der Waals surface area contributed by atoms with Crippen molar-refractivity contribution in [3.63, 3.8) is 0 Å². The van der Waals surface area contributed by atoms with E-state index < -0.39 is 10.0 Å². The van der Waals surface area contributed by atoms with Crippen molar-refractivity contribution in [1.29, 1.82) is 0 Å². The van der Waals surface area contributed by atoms with Gasteiger partial charge in [0.1, 0.15) is 0 Å². The molecule has 1 saturated heterocycles. The molecule has 6 heteroatoms. The molecule has 1 N–H and O–H groups in total. The second-order valence-corrected chi connectivity index (χ2v) is 9.90. The van der Waals surface area contributed by atoms with E-state index in [1.165, 1.54) is 5.69 Å². The second-order valence-electron chi connectivity index (χ2n) is 8.19. The summed E-state index contributed by atoms with van der Waals surface area (Å²) in [5, 5.41) is 0. The van der Waals surface area contributed by atoms with Gasteiger partial charge in [-0.3, -0.25) is 0 Å². The molecule has 5 nitrogen and oxygen atoms in total. The molecule has 0 saturated carbocycles. The first-order valence-corrected chi connectivity index (χ1v) is 11.8. The molecule has 3 rings (SSSR count). The number of hydrogen-bond donors (Lipinski definition) is 1. The van der Waals surface area contributed by atoms with Crippen LogP contribution in [-0.4, -0.2) is 53.1 Å². The Bertz CT molecular complexity index is 934. The minimum Gasteiger partial charge on any atom is -0.369 e. The summed E-state index contributed by atoms with van der Waals surface area (Å²) in [6.07, 6.45) is 0.672. The summed E-state index contributed by atoms with van der Waals surface area (Å²) in [5.74, 6) is 0. The van der Waals surface area contributed by atoms with Crippen molar-refractivity contribution in [2.24, 2.45) is 0 Å². The van der Waals surface area contributed by atoms with E-state index in [0.717, 1.165) is 54.0 Å². The molecule has 0 unspecified atom stereocenters. The van der Waals surface area contributed by atoms with Gasteiger partial charge in [-0.15, -0.1) is 0 Å². The van der Waals surface area contributed by atoms with E-state index >= 15 is 0 Å². The molecule has 2 aromatic carbocycles. The predicted octanol–water partition coefficient (Wildman–Crippen LogP) is 3.19. The third-order valence-corrected chi connectivity index (χ3v) is 7.81. The molecule has 0 radical (unpaired) electrons. The van der Waals surface area contributed by atoms with Crippen LogP contribution < -0.4 is 9.62 Å². The fourth-order valence-corrected chi connectivity index (χ4v) is 5.57. The van der Waals surface area contributed by atoms with Crippen molar-refractivity contribution >= 4 is 15.7 Å². The molecule has 0 spiro atoms. The Balaban J connectivity index is 1.63. The Morgan fingerprint density at radius 1 is 0.897 bits per heavy atom. The van der Waals surface area contributed by atoms with Gasteiger partial charge in [-0.2, -0.15) is 0 Å². The average Bonchev–Trinajstić information content (AvgIpc) is 2.67. The highest BCUT2D eigenvalue weighted by atomic mass is 32.2. The van der Waals surface area contributed by atoms with E-state index in [4.69, 9.17) is 0 Å². The first-order chi connectivity index (χ1) is 13.7. The first-order valence-electron chi connectivity index (χ1n) is 10.3. The van der Waals surface area contributed by atoms with Gasteiger partial charge in [-0.05, 0) is 81.1 Å². The third-order valence-electron chi connectivity index (χ3n) is 6.08. The summed E-state index contributed by atoms with van der Waals surface area (Å²) in [4.78, 5) is 5.18. The van der Waals surface area contributed by atoms with Crippen molar-refractivity contribution < 1.29 is 8.42 Å². The molecule has 0 aliphatic carbocycles. The molecule has 1 heterocycles. The SMILES string of the molecule is Cc1cc(C)c(C)c(S(=O)(=O)NCCc2ccc(N3CCN(C)CC3)cc2)c1C. The quantitative estimate of drug-likeness (QED) is 0.787. The van der Waals surface area contributed by atoms with Crippen LogP contribution in [-0.2, 0) is 16.4 Å². The first kappa shape index (κ1) is 21.8. The van der Waals surface area contributed by atoms with E-state index in [1.807, 2.05) is 33.8 Å². The molecule has 2 aromatic rings. The number of likely N-dealkylation sites (N-methyl/N-ethyl adjacent to an activating group) is 1. The number of anilines is 1. The van der Waals surface area contributed by atoms with E-state index in [-0.39, 0.29) is 0 Å². The van der Waals surface area contributed by atoms with Gasteiger partial charge < -0.3 is 9.80 Å². The van der Waals surface area contributed by atoms with Gasteiger partial charge in [-0.1, -0.05) is 18.2 Å². The zero-order chi connectivity index (χ0) is 21.2. The van der Waals surface area contributed by atoms with Crippen LogP contribution in [0.15, 0.2) is 35.2 Å². The number of rotatable bonds is 6. The number of nitrogens with one attached hydrogen (secondary N) is 1. The van der Waals surface area contributed by atoms with Crippen LogP contribution in [0.3, 0.4) is 0 Å². The molecule has 1 aliphatic rings. The minimum atomic E-state index is -3.53. The van der Waals surface area contributed by atoms with Crippen LogP contribution in [0.4, 0.5) is 5.69 Å². The molecule has 0 bridgehead atoms. The number of piperazine rings is 1. The van der Waals surface area contributed by atoms with E-state index in [9.17, 15) is 8.42 Å². The molecule has 1 aliphatic heterocycles. The fraction of sp³-hybridized carbons (Fsp3) is 0.478. The Labute approximate surface area is 175 Å². The van der Waals surface area contributed by atoms with Gasteiger partial charge in [0, 0.05) is 38.4 Å². The normalized spacial score (nSPS) is 15.7. The van der Waals surface area contributed by atoms with Gasteiger partial charge in [0.2, 0.25) is 10.0 Å². The summed E-state index contributed by atoms with van der Waals surface area (Å²) in [6.45, 7) is 12.3. The lowest BCUT2D eigenvalue weighted by molar-refractivity contribution is 0.313. The maximum absolute atomic E-state index is 12.9. The van der Waals surface area contributed by atoms with Gasteiger partial charge >= 0.3 is 0 Å². The van der Waals surface area contributed by atoms with Crippen molar-refractivity contribution in [2.45, 2.75) is 39.0 Å². The highest BCUT2D eigenvalue weighted by Crippen LogP contribution is 2.26. The number of nitrogens with zero attached hydrogens (tertiary/aromatic N) is 2. The lowest BCUT2D eigenvalue weighted by Crippen LogP contribution is -2.44. The van der Waals surface area contributed by atoms with Crippen LogP contribution in [0.2, 0.25) is 0 Å². The van der Waals surface area contributed by atoms with Gasteiger partial charge in [0.15, 0.2) is 0 Å². The lowest BCUT2D eigenvalue weighted by Gasteiger charge is -2.34. The Hall–Kier alpha value is -1.89. The monoisotopic (exact) mass is 415 g/mol. The van der Waals surface area contributed by atoms with E-state index in [0.29, 0.717) is 17.9 Å². The fourth-order valence-electron chi connectivity index (χ4n) is 3.92.